The Bertz CT molecular complexity index is 737. The van der Waals surface area contributed by atoms with E-state index in [4.69, 9.17) is 0 Å². The van der Waals surface area contributed by atoms with Gasteiger partial charge in [-0.05, 0) is 46.0 Å². The van der Waals surface area contributed by atoms with Gasteiger partial charge in [0.05, 0.1) is 12.1 Å². The van der Waals surface area contributed by atoms with Crippen LogP contribution in [0.15, 0.2) is 46.3 Å². The molecule has 4 rings (SSSR count). The molecule has 3 heterocycles. The van der Waals surface area contributed by atoms with Crippen LogP contribution in [0.5, 0.6) is 0 Å². The lowest BCUT2D eigenvalue weighted by Crippen LogP contribution is -2.27. The molecule has 3 aromatic rings. The number of aromatic nitrogens is 4. The highest BCUT2D eigenvalue weighted by Crippen LogP contribution is 2.38. The number of nitrogens with one attached hydrogen (secondary N) is 1. The van der Waals surface area contributed by atoms with Crippen LogP contribution in [0.1, 0.15) is 28.9 Å². The second-order valence-electron chi connectivity index (χ2n) is 4.96. The Labute approximate surface area is 134 Å². The largest absolute Gasteiger partial charge is 0.345 e. The molecular formula is C14H12BrN5S. The standard InChI is InChI=1S/C14H12BrN5S/c15-10-5-3-9(4-6-10)12-8-11(13-2-1-7-21-13)16-14-17-18-19-20(12)14/h1-7,11-12H,8H2,(H,16,17,19)/t11-,12+/m0/s1. The van der Waals surface area contributed by atoms with Crippen LogP contribution in [-0.4, -0.2) is 20.2 Å². The first-order chi connectivity index (χ1) is 10.3. The first kappa shape index (κ1) is 13.0. The van der Waals surface area contributed by atoms with Gasteiger partial charge in [-0.1, -0.05) is 39.2 Å². The van der Waals surface area contributed by atoms with Gasteiger partial charge in [0.15, 0.2) is 0 Å². The molecule has 0 unspecified atom stereocenters. The lowest BCUT2D eigenvalue weighted by molar-refractivity contribution is 0.426. The third-order valence-electron chi connectivity index (χ3n) is 3.69. The van der Waals surface area contributed by atoms with Crippen LogP contribution >= 0.6 is 27.3 Å². The second kappa shape index (κ2) is 5.23. The number of tetrazole rings is 1. The number of anilines is 1. The number of benzene rings is 1. The monoisotopic (exact) mass is 361 g/mol. The second-order valence-corrected chi connectivity index (χ2v) is 6.86. The summed E-state index contributed by atoms with van der Waals surface area (Å²) in [4.78, 5) is 1.31. The number of fused-ring (bicyclic) bond motifs is 1. The van der Waals surface area contributed by atoms with Gasteiger partial charge < -0.3 is 5.32 Å². The van der Waals surface area contributed by atoms with E-state index in [0.717, 1.165) is 16.8 Å². The Morgan fingerprint density at radius 2 is 2.10 bits per heavy atom. The summed E-state index contributed by atoms with van der Waals surface area (Å²) in [5, 5.41) is 17.6. The molecule has 7 heteroatoms. The summed E-state index contributed by atoms with van der Waals surface area (Å²) >= 11 is 5.24. The number of nitrogens with zero attached hydrogens (tertiary/aromatic N) is 4. The van der Waals surface area contributed by atoms with Crippen molar-refractivity contribution in [3.63, 3.8) is 0 Å². The van der Waals surface area contributed by atoms with Gasteiger partial charge in [-0.2, -0.15) is 0 Å². The number of halogens is 1. The Hall–Kier alpha value is -1.73. The molecule has 1 aromatic carbocycles. The molecule has 0 spiro atoms. The zero-order chi connectivity index (χ0) is 14.2. The Morgan fingerprint density at radius 1 is 1.24 bits per heavy atom. The lowest BCUT2D eigenvalue weighted by atomic mass is 9.97. The van der Waals surface area contributed by atoms with Crippen molar-refractivity contribution in [1.82, 2.24) is 20.2 Å². The van der Waals surface area contributed by atoms with Crippen molar-refractivity contribution in [3.8, 4) is 0 Å². The van der Waals surface area contributed by atoms with Crippen LogP contribution in [0.4, 0.5) is 5.95 Å². The minimum Gasteiger partial charge on any atom is -0.345 e. The number of thiophene rings is 1. The van der Waals surface area contributed by atoms with Crippen molar-refractivity contribution in [2.24, 2.45) is 0 Å². The number of hydrogen-bond donors (Lipinski definition) is 1. The fourth-order valence-corrected chi connectivity index (χ4v) is 3.73. The van der Waals surface area contributed by atoms with E-state index in [1.807, 2.05) is 4.68 Å². The van der Waals surface area contributed by atoms with Gasteiger partial charge in [-0.3, -0.25) is 0 Å². The van der Waals surface area contributed by atoms with Gasteiger partial charge >= 0.3 is 0 Å². The van der Waals surface area contributed by atoms with Crippen molar-refractivity contribution in [2.45, 2.75) is 18.5 Å². The van der Waals surface area contributed by atoms with Gasteiger partial charge in [-0.15, -0.1) is 11.3 Å². The summed E-state index contributed by atoms with van der Waals surface area (Å²) in [6.45, 7) is 0. The zero-order valence-electron chi connectivity index (χ0n) is 11.0. The summed E-state index contributed by atoms with van der Waals surface area (Å²) in [6, 6.07) is 13.0. The summed E-state index contributed by atoms with van der Waals surface area (Å²) in [5.41, 5.74) is 1.22. The highest BCUT2D eigenvalue weighted by molar-refractivity contribution is 9.10. The molecule has 0 bridgehead atoms. The third-order valence-corrected chi connectivity index (χ3v) is 5.21. The van der Waals surface area contributed by atoms with Crippen LogP contribution < -0.4 is 5.32 Å². The molecule has 0 amide bonds. The Morgan fingerprint density at radius 3 is 2.86 bits per heavy atom. The molecule has 0 fully saturated rings. The first-order valence-electron chi connectivity index (χ1n) is 6.64. The Kier molecular flexibility index (Phi) is 3.23. The van der Waals surface area contributed by atoms with Gasteiger partial charge in [0.25, 0.3) is 0 Å². The molecule has 0 radical (unpaired) electrons. The quantitative estimate of drug-likeness (QED) is 0.756. The van der Waals surface area contributed by atoms with Crippen molar-refractivity contribution < 1.29 is 0 Å². The molecular weight excluding hydrogens is 350 g/mol. The maximum Gasteiger partial charge on any atom is 0.244 e. The SMILES string of the molecule is Brc1ccc([C@H]2C[C@@H](c3cccs3)Nc3nnnn32)cc1. The maximum atomic E-state index is 4.14. The summed E-state index contributed by atoms with van der Waals surface area (Å²) in [5.74, 6) is 0.729. The third kappa shape index (κ3) is 2.36. The maximum absolute atomic E-state index is 4.14. The highest BCUT2D eigenvalue weighted by atomic mass is 79.9. The van der Waals surface area contributed by atoms with Crippen LogP contribution in [0.3, 0.4) is 0 Å². The predicted molar refractivity (Wildman–Crippen MR) is 85.4 cm³/mol. The molecule has 0 aliphatic carbocycles. The van der Waals surface area contributed by atoms with E-state index in [1.54, 1.807) is 11.3 Å². The predicted octanol–water partition coefficient (Wildman–Crippen LogP) is 3.64. The first-order valence-corrected chi connectivity index (χ1v) is 8.32. The van der Waals surface area contributed by atoms with Crippen LogP contribution in [0.25, 0.3) is 0 Å². The van der Waals surface area contributed by atoms with Crippen molar-refractivity contribution in [2.75, 3.05) is 5.32 Å². The highest BCUT2D eigenvalue weighted by Gasteiger charge is 2.30. The average Bonchev–Trinajstić information content (AvgIpc) is 3.18. The molecule has 21 heavy (non-hydrogen) atoms. The zero-order valence-corrected chi connectivity index (χ0v) is 13.4. The minimum atomic E-state index is 0.149. The van der Waals surface area contributed by atoms with Crippen molar-refractivity contribution in [3.05, 3.63) is 56.7 Å². The van der Waals surface area contributed by atoms with Crippen LogP contribution in [0, 0.1) is 0 Å². The molecule has 106 valence electrons. The number of hydrogen-bond acceptors (Lipinski definition) is 5. The average molecular weight is 362 g/mol. The van der Waals surface area contributed by atoms with E-state index in [9.17, 15) is 0 Å². The van der Waals surface area contributed by atoms with Crippen LogP contribution in [0.2, 0.25) is 0 Å². The van der Waals surface area contributed by atoms with Gasteiger partial charge in [0.2, 0.25) is 5.95 Å². The van der Waals surface area contributed by atoms with E-state index in [1.165, 1.54) is 10.4 Å². The van der Waals surface area contributed by atoms with Gasteiger partial charge in [-0.25, -0.2) is 4.68 Å². The smallest absolute Gasteiger partial charge is 0.244 e. The fourth-order valence-electron chi connectivity index (χ4n) is 2.68. The van der Waals surface area contributed by atoms with Crippen molar-refractivity contribution >= 4 is 33.2 Å². The molecule has 1 N–H and O–H groups in total. The lowest BCUT2D eigenvalue weighted by Gasteiger charge is -2.30. The van der Waals surface area contributed by atoms with E-state index < -0.39 is 0 Å². The molecule has 2 aromatic heterocycles. The topological polar surface area (TPSA) is 55.6 Å². The van der Waals surface area contributed by atoms with Gasteiger partial charge in [0.1, 0.15) is 0 Å². The molecule has 0 saturated carbocycles. The number of rotatable bonds is 2. The van der Waals surface area contributed by atoms with E-state index in [0.29, 0.717) is 0 Å². The van der Waals surface area contributed by atoms with Gasteiger partial charge in [0, 0.05) is 9.35 Å². The van der Waals surface area contributed by atoms with Crippen LogP contribution in [-0.2, 0) is 0 Å². The minimum absolute atomic E-state index is 0.149. The van der Waals surface area contributed by atoms with E-state index in [2.05, 4.69) is 78.6 Å². The molecule has 0 saturated heterocycles. The normalized spacial score (nSPS) is 20.8. The van der Waals surface area contributed by atoms with E-state index >= 15 is 0 Å². The van der Waals surface area contributed by atoms with Crippen molar-refractivity contribution in [1.29, 1.82) is 0 Å². The molecule has 1 aliphatic heterocycles. The Balaban J connectivity index is 1.74. The fraction of sp³-hybridized carbons (Fsp3) is 0.214. The summed E-state index contributed by atoms with van der Waals surface area (Å²) in [6.07, 6.45) is 0.931. The molecule has 5 nitrogen and oxygen atoms in total. The van der Waals surface area contributed by atoms with E-state index in [-0.39, 0.29) is 12.1 Å². The summed E-state index contributed by atoms with van der Waals surface area (Å²) in [7, 11) is 0. The molecule has 2 atom stereocenters. The molecule has 1 aliphatic rings. The summed E-state index contributed by atoms with van der Waals surface area (Å²) < 4.78 is 2.94.